The predicted molar refractivity (Wildman–Crippen MR) is 77.7 cm³/mol. The summed E-state index contributed by atoms with van der Waals surface area (Å²) in [5.41, 5.74) is -0.279. The molecule has 0 aliphatic carbocycles. The number of fused-ring (bicyclic) bond motifs is 1. The third-order valence-electron chi connectivity index (χ3n) is 3.14. The summed E-state index contributed by atoms with van der Waals surface area (Å²) < 4.78 is 15.9. The molecule has 106 valence electrons. The molecule has 1 aromatic carbocycles. The smallest absolute Gasteiger partial charge is 0.351 e. The maximum atomic E-state index is 12.1. The van der Waals surface area contributed by atoms with E-state index in [2.05, 4.69) is 0 Å². The van der Waals surface area contributed by atoms with E-state index in [-0.39, 0.29) is 11.0 Å². The van der Waals surface area contributed by atoms with Crippen LogP contribution in [0.25, 0.3) is 22.3 Å². The first-order valence-corrected chi connectivity index (χ1v) is 6.32. The summed E-state index contributed by atoms with van der Waals surface area (Å²) in [6.45, 7) is 1.62. The van der Waals surface area contributed by atoms with Crippen molar-refractivity contribution in [3.63, 3.8) is 0 Å². The lowest BCUT2D eigenvalue weighted by atomic mass is 10.1. The van der Waals surface area contributed by atoms with Crippen molar-refractivity contribution in [1.29, 1.82) is 0 Å². The van der Waals surface area contributed by atoms with E-state index in [1.807, 2.05) is 12.1 Å². The molecule has 2 aromatic heterocycles. The molecule has 2 heterocycles. The topological polar surface area (TPSA) is 69.7 Å². The lowest BCUT2D eigenvalue weighted by Gasteiger charge is -2.07. The molecular formula is C16H12O5. The highest BCUT2D eigenvalue weighted by molar-refractivity contribution is 5.78. The minimum absolute atomic E-state index is 0.0840. The molecule has 0 aliphatic rings. The van der Waals surface area contributed by atoms with Crippen LogP contribution in [0.4, 0.5) is 0 Å². The first-order valence-electron chi connectivity index (χ1n) is 6.32. The SMILES string of the molecule is COc1ccccc1-c1cc(=O)c2c(=O)oc(C)cc2o1. The van der Waals surface area contributed by atoms with Crippen LogP contribution in [0.3, 0.4) is 0 Å². The molecule has 0 amide bonds. The van der Waals surface area contributed by atoms with Gasteiger partial charge in [-0.2, -0.15) is 0 Å². The van der Waals surface area contributed by atoms with Crippen LogP contribution in [0.5, 0.6) is 5.75 Å². The van der Waals surface area contributed by atoms with Crippen molar-refractivity contribution >= 4 is 11.0 Å². The summed E-state index contributed by atoms with van der Waals surface area (Å²) in [4.78, 5) is 23.9. The van der Waals surface area contributed by atoms with E-state index < -0.39 is 11.1 Å². The Bertz CT molecular complexity index is 933. The average Bonchev–Trinajstić information content (AvgIpc) is 2.45. The second kappa shape index (κ2) is 4.94. The molecule has 0 fully saturated rings. The van der Waals surface area contributed by atoms with Gasteiger partial charge in [0.25, 0.3) is 0 Å². The number of methoxy groups -OCH3 is 1. The summed E-state index contributed by atoms with van der Waals surface area (Å²) >= 11 is 0. The molecule has 0 aliphatic heterocycles. The number of ether oxygens (including phenoxy) is 1. The van der Waals surface area contributed by atoms with E-state index >= 15 is 0 Å². The molecule has 0 spiro atoms. The van der Waals surface area contributed by atoms with E-state index in [0.717, 1.165) is 0 Å². The molecule has 0 bridgehead atoms. The quantitative estimate of drug-likeness (QED) is 0.723. The van der Waals surface area contributed by atoms with E-state index in [1.54, 1.807) is 19.1 Å². The van der Waals surface area contributed by atoms with Crippen molar-refractivity contribution < 1.29 is 13.6 Å². The van der Waals surface area contributed by atoms with Crippen LogP contribution in [0.15, 0.2) is 54.8 Å². The average molecular weight is 284 g/mol. The lowest BCUT2D eigenvalue weighted by molar-refractivity contribution is 0.415. The summed E-state index contributed by atoms with van der Waals surface area (Å²) in [6, 6.07) is 9.97. The normalized spacial score (nSPS) is 10.8. The second-order valence-corrected chi connectivity index (χ2v) is 4.56. The van der Waals surface area contributed by atoms with Crippen LogP contribution in [-0.4, -0.2) is 7.11 Å². The van der Waals surface area contributed by atoms with E-state index in [1.165, 1.54) is 19.2 Å². The van der Waals surface area contributed by atoms with Gasteiger partial charge in [-0.1, -0.05) is 12.1 Å². The van der Waals surface area contributed by atoms with E-state index in [0.29, 0.717) is 22.8 Å². The Morgan fingerprint density at radius 1 is 1.05 bits per heavy atom. The molecule has 0 saturated heterocycles. The molecule has 21 heavy (non-hydrogen) atoms. The standard InChI is InChI=1S/C16H12O5/c1-9-7-14-15(16(18)20-9)11(17)8-13(21-14)10-5-3-4-6-12(10)19-2/h3-8H,1-2H3. The maximum Gasteiger partial charge on any atom is 0.351 e. The summed E-state index contributed by atoms with van der Waals surface area (Å²) in [6.07, 6.45) is 0. The van der Waals surface area contributed by atoms with Crippen molar-refractivity contribution in [2.24, 2.45) is 0 Å². The second-order valence-electron chi connectivity index (χ2n) is 4.56. The third-order valence-corrected chi connectivity index (χ3v) is 3.14. The fourth-order valence-corrected chi connectivity index (χ4v) is 2.21. The predicted octanol–water partition coefficient (Wildman–Crippen LogP) is 2.73. The molecule has 0 saturated carbocycles. The van der Waals surface area contributed by atoms with Crippen molar-refractivity contribution in [1.82, 2.24) is 0 Å². The van der Waals surface area contributed by atoms with Crippen LogP contribution in [0.1, 0.15) is 5.76 Å². The first kappa shape index (κ1) is 13.2. The summed E-state index contributed by atoms with van der Waals surface area (Å²) in [5, 5.41) is -0.0840. The van der Waals surface area contributed by atoms with Crippen molar-refractivity contribution in [2.45, 2.75) is 6.92 Å². The fourth-order valence-electron chi connectivity index (χ4n) is 2.21. The van der Waals surface area contributed by atoms with Gasteiger partial charge in [0.15, 0.2) is 5.39 Å². The van der Waals surface area contributed by atoms with Gasteiger partial charge in [-0.25, -0.2) is 4.79 Å². The molecule has 5 heteroatoms. The van der Waals surface area contributed by atoms with Crippen LogP contribution >= 0.6 is 0 Å². The van der Waals surface area contributed by atoms with Gasteiger partial charge in [-0.15, -0.1) is 0 Å². The third kappa shape index (κ3) is 2.23. The Hall–Kier alpha value is -2.82. The Kier molecular flexibility index (Phi) is 3.10. The molecular weight excluding hydrogens is 272 g/mol. The highest BCUT2D eigenvalue weighted by Gasteiger charge is 2.14. The Morgan fingerprint density at radius 2 is 1.81 bits per heavy atom. The number of rotatable bonds is 2. The van der Waals surface area contributed by atoms with Gasteiger partial charge in [0.1, 0.15) is 22.9 Å². The number of para-hydroxylation sites is 1. The first-order chi connectivity index (χ1) is 10.1. The van der Waals surface area contributed by atoms with Crippen LogP contribution in [-0.2, 0) is 0 Å². The Labute approximate surface area is 119 Å². The van der Waals surface area contributed by atoms with Gasteiger partial charge in [-0.05, 0) is 19.1 Å². The summed E-state index contributed by atoms with van der Waals surface area (Å²) in [5.74, 6) is 1.31. The Balaban J connectivity index is 2.36. The highest BCUT2D eigenvalue weighted by Crippen LogP contribution is 2.30. The summed E-state index contributed by atoms with van der Waals surface area (Å²) in [7, 11) is 1.54. The lowest BCUT2D eigenvalue weighted by Crippen LogP contribution is -2.12. The molecule has 5 nitrogen and oxygen atoms in total. The molecule has 0 N–H and O–H groups in total. The fraction of sp³-hybridized carbons (Fsp3) is 0.125. The van der Waals surface area contributed by atoms with Gasteiger partial charge in [0.05, 0.1) is 12.7 Å². The number of hydrogen-bond acceptors (Lipinski definition) is 5. The largest absolute Gasteiger partial charge is 0.496 e. The zero-order valence-electron chi connectivity index (χ0n) is 11.5. The Morgan fingerprint density at radius 3 is 2.57 bits per heavy atom. The molecule has 3 rings (SSSR count). The van der Waals surface area contributed by atoms with E-state index in [9.17, 15) is 9.59 Å². The highest BCUT2D eigenvalue weighted by atomic mass is 16.5. The van der Waals surface area contributed by atoms with E-state index in [4.69, 9.17) is 13.6 Å². The van der Waals surface area contributed by atoms with Crippen LogP contribution in [0.2, 0.25) is 0 Å². The van der Waals surface area contributed by atoms with Gasteiger partial charge < -0.3 is 13.6 Å². The van der Waals surface area contributed by atoms with Crippen LogP contribution in [0, 0.1) is 6.92 Å². The zero-order chi connectivity index (χ0) is 15.0. The van der Waals surface area contributed by atoms with Gasteiger partial charge >= 0.3 is 5.63 Å². The number of benzene rings is 1. The molecule has 0 atom stereocenters. The minimum atomic E-state index is -0.690. The molecule has 0 radical (unpaired) electrons. The minimum Gasteiger partial charge on any atom is -0.496 e. The monoisotopic (exact) mass is 284 g/mol. The number of hydrogen-bond donors (Lipinski definition) is 0. The van der Waals surface area contributed by atoms with Gasteiger partial charge in [-0.3, -0.25) is 4.79 Å². The van der Waals surface area contributed by atoms with Crippen molar-refractivity contribution in [3.05, 3.63) is 62.8 Å². The molecule has 0 unspecified atom stereocenters. The van der Waals surface area contributed by atoms with Gasteiger partial charge in [0, 0.05) is 12.1 Å². The number of aryl methyl sites for hydroxylation is 1. The maximum absolute atomic E-state index is 12.1. The van der Waals surface area contributed by atoms with Gasteiger partial charge in [0.2, 0.25) is 5.43 Å². The van der Waals surface area contributed by atoms with Crippen molar-refractivity contribution in [2.75, 3.05) is 7.11 Å². The van der Waals surface area contributed by atoms with Crippen LogP contribution < -0.4 is 15.8 Å². The van der Waals surface area contributed by atoms with Crippen molar-refractivity contribution in [3.8, 4) is 17.1 Å². The zero-order valence-corrected chi connectivity index (χ0v) is 11.5. The molecule has 3 aromatic rings.